The number of rotatable bonds is 6. The van der Waals surface area contributed by atoms with Gasteiger partial charge in [-0.15, -0.1) is 23.1 Å². The monoisotopic (exact) mass is 371 g/mol. The van der Waals surface area contributed by atoms with E-state index < -0.39 is 11.9 Å². The van der Waals surface area contributed by atoms with Crippen molar-refractivity contribution in [3.8, 4) is 0 Å². The van der Waals surface area contributed by atoms with Gasteiger partial charge >= 0.3 is 11.9 Å². The number of esters is 2. The van der Waals surface area contributed by atoms with E-state index in [0.717, 1.165) is 16.2 Å². The SMILES string of the molecule is CCOC(=O)c1nc(COC(=O)c2cc(SC)ccc2Cl)cs1. The third-order valence-electron chi connectivity index (χ3n) is 2.75. The summed E-state index contributed by atoms with van der Waals surface area (Å²) in [6.07, 6.45) is 1.91. The number of halogens is 1. The molecule has 0 saturated carbocycles. The maximum absolute atomic E-state index is 12.1. The number of thioether (sulfide) groups is 1. The summed E-state index contributed by atoms with van der Waals surface area (Å²) in [5.74, 6) is -1.01. The van der Waals surface area contributed by atoms with Gasteiger partial charge in [0.05, 0.1) is 22.9 Å². The Balaban J connectivity index is 2.01. The Morgan fingerprint density at radius 1 is 1.30 bits per heavy atom. The molecule has 1 aromatic heterocycles. The predicted molar refractivity (Wildman–Crippen MR) is 90.4 cm³/mol. The number of carbonyl (C=O) groups is 2. The first-order chi connectivity index (χ1) is 11.0. The van der Waals surface area contributed by atoms with Crippen molar-refractivity contribution in [2.45, 2.75) is 18.4 Å². The van der Waals surface area contributed by atoms with Gasteiger partial charge < -0.3 is 9.47 Å². The number of benzene rings is 1. The van der Waals surface area contributed by atoms with Crippen molar-refractivity contribution >= 4 is 46.6 Å². The summed E-state index contributed by atoms with van der Waals surface area (Å²) in [4.78, 5) is 28.6. The minimum atomic E-state index is -0.531. The van der Waals surface area contributed by atoms with Crippen molar-refractivity contribution < 1.29 is 19.1 Å². The van der Waals surface area contributed by atoms with Crippen LogP contribution in [-0.2, 0) is 16.1 Å². The van der Waals surface area contributed by atoms with Gasteiger partial charge in [-0.3, -0.25) is 0 Å². The van der Waals surface area contributed by atoms with Crippen molar-refractivity contribution in [3.05, 3.63) is 44.9 Å². The molecule has 0 N–H and O–H groups in total. The van der Waals surface area contributed by atoms with Gasteiger partial charge in [0.2, 0.25) is 5.01 Å². The van der Waals surface area contributed by atoms with Gasteiger partial charge in [0.1, 0.15) is 6.61 Å². The lowest BCUT2D eigenvalue weighted by Crippen LogP contribution is -2.07. The topological polar surface area (TPSA) is 65.5 Å². The molecule has 0 aliphatic rings. The van der Waals surface area contributed by atoms with E-state index >= 15 is 0 Å². The molecule has 122 valence electrons. The summed E-state index contributed by atoms with van der Waals surface area (Å²) in [5, 5.41) is 2.22. The fourth-order valence-electron chi connectivity index (χ4n) is 1.66. The van der Waals surface area contributed by atoms with Crippen LogP contribution in [0.4, 0.5) is 0 Å². The van der Waals surface area contributed by atoms with E-state index in [-0.39, 0.29) is 18.2 Å². The zero-order valence-electron chi connectivity index (χ0n) is 12.5. The lowest BCUT2D eigenvalue weighted by Gasteiger charge is -2.06. The average Bonchev–Trinajstić information content (AvgIpc) is 3.02. The lowest BCUT2D eigenvalue weighted by atomic mass is 10.2. The molecule has 8 heteroatoms. The summed E-state index contributed by atoms with van der Waals surface area (Å²) in [5.41, 5.74) is 0.794. The van der Waals surface area contributed by atoms with Crippen molar-refractivity contribution in [1.82, 2.24) is 4.98 Å². The molecular formula is C15H14ClNO4S2. The first kappa shape index (κ1) is 17.8. The Morgan fingerprint density at radius 2 is 2.09 bits per heavy atom. The number of carbonyl (C=O) groups excluding carboxylic acids is 2. The highest BCUT2D eigenvalue weighted by atomic mass is 35.5. The van der Waals surface area contributed by atoms with Gasteiger partial charge in [-0.25, -0.2) is 14.6 Å². The second-order valence-electron chi connectivity index (χ2n) is 4.29. The Kier molecular flexibility index (Phi) is 6.44. The highest BCUT2D eigenvalue weighted by molar-refractivity contribution is 7.98. The molecule has 2 aromatic rings. The smallest absolute Gasteiger partial charge is 0.367 e. The molecule has 2 rings (SSSR count). The van der Waals surface area contributed by atoms with Crippen LogP contribution in [0.15, 0.2) is 28.5 Å². The molecule has 0 unspecified atom stereocenters. The van der Waals surface area contributed by atoms with Crippen molar-refractivity contribution in [2.75, 3.05) is 12.9 Å². The van der Waals surface area contributed by atoms with Crippen LogP contribution >= 0.6 is 34.7 Å². The molecule has 0 bridgehead atoms. The summed E-state index contributed by atoms with van der Waals surface area (Å²) >= 11 is 8.68. The van der Waals surface area contributed by atoms with Crippen LogP contribution in [0.5, 0.6) is 0 Å². The maximum Gasteiger partial charge on any atom is 0.367 e. The first-order valence-corrected chi connectivity index (χ1v) is 9.15. The molecule has 23 heavy (non-hydrogen) atoms. The first-order valence-electron chi connectivity index (χ1n) is 6.67. The largest absolute Gasteiger partial charge is 0.461 e. The molecule has 1 heterocycles. The minimum Gasteiger partial charge on any atom is -0.461 e. The third-order valence-corrected chi connectivity index (χ3v) is 4.67. The quantitative estimate of drug-likeness (QED) is 0.563. The van der Waals surface area contributed by atoms with Crippen LogP contribution in [0.25, 0.3) is 0 Å². The number of hydrogen-bond donors (Lipinski definition) is 0. The van der Waals surface area contributed by atoms with E-state index in [1.807, 2.05) is 12.3 Å². The number of ether oxygens (including phenoxy) is 2. The number of nitrogens with zero attached hydrogens (tertiary/aromatic N) is 1. The van der Waals surface area contributed by atoms with Gasteiger partial charge in [-0.1, -0.05) is 11.6 Å². The Bertz CT molecular complexity index is 717. The zero-order chi connectivity index (χ0) is 16.8. The zero-order valence-corrected chi connectivity index (χ0v) is 14.9. The van der Waals surface area contributed by atoms with Crippen LogP contribution in [0.2, 0.25) is 5.02 Å². The molecule has 0 radical (unpaired) electrons. The number of hydrogen-bond acceptors (Lipinski definition) is 7. The summed E-state index contributed by atoms with van der Waals surface area (Å²) < 4.78 is 10.1. The summed E-state index contributed by atoms with van der Waals surface area (Å²) in [7, 11) is 0. The van der Waals surface area contributed by atoms with E-state index in [2.05, 4.69) is 4.98 Å². The molecule has 0 aliphatic carbocycles. The molecular weight excluding hydrogens is 358 g/mol. The van der Waals surface area contributed by atoms with Crippen molar-refractivity contribution in [1.29, 1.82) is 0 Å². The van der Waals surface area contributed by atoms with Gasteiger partial charge in [0.15, 0.2) is 0 Å². The Labute approximate surface area is 147 Å². The summed E-state index contributed by atoms with van der Waals surface area (Å²) in [6.45, 7) is 1.97. The van der Waals surface area contributed by atoms with Crippen LogP contribution in [0, 0.1) is 0 Å². The molecule has 0 spiro atoms. The van der Waals surface area contributed by atoms with E-state index in [4.69, 9.17) is 21.1 Å². The number of aromatic nitrogens is 1. The number of thiazole rings is 1. The van der Waals surface area contributed by atoms with Crippen LogP contribution in [0.3, 0.4) is 0 Å². The van der Waals surface area contributed by atoms with Crippen LogP contribution in [0.1, 0.15) is 32.8 Å². The molecule has 0 saturated heterocycles. The Morgan fingerprint density at radius 3 is 2.78 bits per heavy atom. The predicted octanol–water partition coefficient (Wildman–Crippen LogP) is 4.05. The van der Waals surface area contributed by atoms with Crippen molar-refractivity contribution in [2.24, 2.45) is 0 Å². The van der Waals surface area contributed by atoms with Gasteiger partial charge in [0.25, 0.3) is 0 Å². The van der Waals surface area contributed by atoms with E-state index in [9.17, 15) is 9.59 Å². The molecule has 0 amide bonds. The van der Waals surface area contributed by atoms with Crippen LogP contribution in [-0.4, -0.2) is 29.8 Å². The second kappa shape index (κ2) is 8.33. The van der Waals surface area contributed by atoms with Crippen LogP contribution < -0.4 is 0 Å². The highest BCUT2D eigenvalue weighted by Gasteiger charge is 2.16. The third kappa shape index (κ3) is 4.70. The fraction of sp³-hybridized carbons (Fsp3) is 0.267. The average molecular weight is 372 g/mol. The van der Waals surface area contributed by atoms with E-state index in [1.54, 1.807) is 24.4 Å². The van der Waals surface area contributed by atoms with Crippen molar-refractivity contribution in [3.63, 3.8) is 0 Å². The molecule has 5 nitrogen and oxygen atoms in total. The van der Waals surface area contributed by atoms with Gasteiger partial charge in [0, 0.05) is 10.3 Å². The Hall–Kier alpha value is -1.57. The normalized spacial score (nSPS) is 10.4. The molecule has 0 fully saturated rings. The van der Waals surface area contributed by atoms with Gasteiger partial charge in [-0.2, -0.15) is 0 Å². The highest BCUT2D eigenvalue weighted by Crippen LogP contribution is 2.24. The molecule has 0 aliphatic heterocycles. The molecule has 0 atom stereocenters. The second-order valence-corrected chi connectivity index (χ2v) is 6.43. The lowest BCUT2D eigenvalue weighted by molar-refractivity contribution is 0.0468. The summed E-state index contributed by atoms with van der Waals surface area (Å²) in [6, 6.07) is 5.17. The molecule has 1 aromatic carbocycles. The van der Waals surface area contributed by atoms with E-state index in [0.29, 0.717) is 16.3 Å². The van der Waals surface area contributed by atoms with E-state index in [1.165, 1.54) is 11.8 Å². The standard InChI is InChI=1S/C15H14ClNO4S2/c1-3-20-15(19)13-17-9(8-23-13)7-21-14(18)11-6-10(22-2)4-5-12(11)16/h4-6,8H,3,7H2,1-2H3. The van der Waals surface area contributed by atoms with Gasteiger partial charge in [-0.05, 0) is 31.4 Å². The maximum atomic E-state index is 12.1. The fourth-order valence-corrected chi connectivity index (χ4v) is 2.99. The minimum absolute atomic E-state index is 0.0332.